The molecule has 1 aromatic rings. The Labute approximate surface area is 121 Å². The highest BCUT2D eigenvalue weighted by atomic mass is 35.5. The van der Waals surface area contributed by atoms with Gasteiger partial charge in [0.1, 0.15) is 5.54 Å². The molecule has 1 aliphatic rings. The fourth-order valence-electron chi connectivity index (χ4n) is 2.04. The zero-order chi connectivity index (χ0) is 14.2. The molecule has 4 nitrogen and oxygen atoms in total. The molecule has 0 atom stereocenters. The van der Waals surface area contributed by atoms with Gasteiger partial charge in [-0.05, 0) is 32.0 Å². The van der Waals surface area contributed by atoms with Crippen LogP contribution in [0.1, 0.15) is 24.2 Å². The maximum Gasteiger partial charge on any atom is 0.254 e. The van der Waals surface area contributed by atoms with Crippen LogP contribution in [0.15, 0.2) is 18.2 Å². The highest BCUT2D eigenvalue weighted by molar-refractivity contribution is 6.42. The Bertz CT molecular complexity index is 543. The Morgan fingerprint density at radius 2 is 2.00 bits per heavy atom. The first-order valence-corrected chi connectivity index (χ1v) is 6.65. The Morgan fingerprint density at radius 1 is 1.32 bits per heavy atom. The number of piperazine rings is 1. The van der Waals surface area contributed by atoms with Gasteiger partial charge in [-0.15, -0.1) is 0 Å². The number of benzene rings is 1. The first-order chi connectivity index (χ1) is 8.84. The molecular weight excluding hydrogens is 287 g/mol. The van der Waals surface area contributed by atoms with Crippen molar-refractivity contribution in [3.05, 3.63) is 33.8 Å². The van der Waals surface area contributed by atoms with Gasteiger partial charge in [0.25, 0.3) is 5.91 Å². The van der Waals surface area contributed by atoms with Crippen LogP contribution in [0.2, 0.25) is 10.0 Å². The summed E-state index contributed by atoms with van der Waals surface area (Å²) in [6.45, 7) is 4.36. The highest BCUT2D eigenvalue weighted by Crippen LogP contribution is 2.26. The Hall–Kier alpha value is -1.26. The van der Waals surface area contributed by atoms with E-state index in [4.69, 9.17) is 23.2 Å². The topological polar surface area (TPSA) is 49.4 Å². The summed E-state index contributed by atoms with van der Waals surface area (Å²) in [5, 5.41) is 3.47. The minimum atomic E-state index is -0.874. The van der Waals surface area contributed by atoms with Gasteiger partial charge < -0.3 is 10.2 Å². The number of hydrogen-bond donors (Lipinski definition) is 1. The maximum absolute atomic E-state index is 12.5. The largest absolute Gasteiger partial charge is 0.352 e. The van der Waals surface area contributed by atoms with Gasteiger partial charge in [0.05, 0.1) is 10.0 Å². The first-order valence-electron chi connectivity index (χ1n) is 5.89. The lowest BCUT2D eigenvalue weighted by Gasteiger charge is -2.41. The predicted molar refractivity (Wildman–Crippen MR) is 74.6 cm³/mol. The molecule has 1 aromatic carbocycles. The van der Waals surface area contributed by atoms with E-state index in [0.29, 0.717) is 28.7 Å². The first kappa shape index (κ1) is 14.2. The van der Waals surface area contributed by atoms with Crippen LogP contribution < -0.4 is 5.32 Å². The van der Waals surface area contributed by atoms with Crippen LogP contribution >= 0.6 is 23.2 Å². The molecule has 1 fully saturated rings. The van der Waals surface area contributed by atoms with Gasteiger partial charge in [0.15, 0.2) is 0 Å². The molecule has 0 aliphatic carbocycles. The average molecular weight is 301 g/mol. The van der Waals surface area contributed by atoms with Crippen molar-refractivity contribution in [1.29, 1.82) is 0 Å². The SMILES string of the molecule is CC1(C)C(=O)NCCN1C(=O)c1ccc(Cl)c(Cl)c1. The number of nitrogens with zero attached hydrogens (tertiary/aromatic N) is 1. The van der Waals surface area contributed by atoms with E-state index in [1.54, 1.807) is 30.9 Å². The zero-order valence-electron chi connectivity index (χ0n) is 10.7. The molecule has 0 bridgehead atoms. The third-order valence-electron chi connectivity index (χ3n) is 3.26. The molecule has 6 heteroatoms. The summed E-state index contributed by atoms with van der Waals surface area (Å²) in [5.41, 5.74) is -0.446. The Kier molecular flexibility index (Phi) is 3.74. The number of carbonyl (C=O) groups is 2. The lowest BCUT2D eigenvalue weighted by Crippen LogP contribution is -2.63. The number of rotatable bonds is 1. The van der Waals surface area contributed by atoms with E-state index in [-0.39, 0.29) is 11.8 Å². The molecule has 1 saturated heterocycles. The average Bonchev–Trinajstić information content (AvgIpc) is 2.35. The smallest absolute Gasteiger partial charge is 0.254 e. The molecule has 0 radical (unpaired) electrons. The van der Waals surface area contributed by atoms with Crippen molar-refractivity contribution in [2.45, 2.75) is 19.4 Å². The van der Waals surface area contributed by atoms with Gasteiger partial charge >= 0.3 is 0 Å². The van der Waals surface area contributed by atoms with E-state index in [1.165, 1.54) is 6.07 Å². The highest BCUT2D eigenvalue weighted by Gasteiger charge is 2.40. The van der Waals surface area contributed by atoms with Crippen LogP contribution in [0.3, 0.4) is 0 Å². The lowest BCUT2D eigenvalue weighted by molar-refractivity contribution is -0.133. The molecule has 0 spiro atoms. The molecule has 19 heavy (non-hydrogen) atoms. The van der Waals surface area contributed by atoms with E-state index in [1.807, 2.05) is 0 Å². The fourth-order valence-corrected chi connectivity index (χ4v) is 2.34. The second-order valence-electron chi connectivity index (χ2n) is 4.90. The quantitative estimate of drug-likeness (QED) is 0.865. The van der Waals surface area contributed by atoms with Gasteiger partial charge in [-0.3, -0.25) is 9.59 Å². The molecular formula is C13H14Cl2N2O2. The van der Waals surface area contributed by atoms with Crippen LogP contribution in [-0.2, 0) is 4.79 Å². The summed E-state index contributed by atoms with van der Waals surface area (Å²) in [7, 11) is 0. The van der Waals surface area contributed by atoms with Crippen LogP contribution in [0, 0.1) is 0 Å². The van der Waals surface area contributed by atoms with Crippen molar-refractivity contribution >= 4 is 35.0 Å². The molecule has 0 aromatic heterocycles. The van der Waals surface area contributed by atoms with Gasteiger partial charge in [-0.2, -0.15) is 0 Å². The van der Waals surface area contributed by atoms with E-state index in [2.05, 4.69) is 5.32 Å². The summed E-state index contributed by atoms with van der Waals surface area (Å²) in [6, 6.07) is 4.71. The molecule has 0 saturated carbocycles. The number of halogens is 2. The van der Waals surface area contributed by atoms with Crippen LogP contribution in [0.25, 0.3) is 0 Å². The lowest BCUT2D eigenvalue weighted by atomic mass is 9.97. The predicted octanol–water partition coefficient (Wildman–Crippen LogP) is 2.34. The molecule has 1 N–H and O–H groups in total. The standard InChI is InChI=1S/C13H14Cl2N2O2/c1-13(2)12(19)16-5-6-17(13)11(18)8-3-4-9(14)10(15)7-8/h3-4,7H,5-6H2,1-2H3,(H,16,19). The van der Waals surface area contributed by atoms with Gasteiger partial charge in [0, 0.05) is 18.7 Å². The summed E-state index contributed by atoms with van der Waals surface area (Å²) in [6.07, 6.45) is 0. The number of amides is 2. The normalized spacial score (nSPS) is 18.1. The van der Waals surface area contributed by atoms with Gasteiger partial charge in [0.2, 0.25) is 5.91 Å². The molecule has 0 unspecified atom stereocenters. The van der Waals surface area contributed by atoms with Gasteiger partial charge in [-0.25, -0.2) is 0 Å². The fraction of sp³-hybridized carbons (Fsp3) is 0.385. The van der Waals surface area contributed by atoms with Crippen LogP contribution in [-0.4, -0.2) is 35.3 Å². The third kappa shape index (κ3) is 2.55. The van der Waals surface area contributed by atoms with Crippen LogP contribution in [0.5, 0.6) is 0 Å². The van der Waals surface area contributed by atoms with E-state index < -0.39 is 5.54 Å². The zero-order valence-corrected chi connectivity index (χ0v) is 12.2. The van der Waals surface area contributed by atoms with E-state index in [0.717, 1.165) is 0 Å². The molecule has 1 aliphatic heterocycles. The van der Waals surface area contributed by atoms with Crippen LogP contribution in [0.4, 0.5) is 0 Å². The van der Waals surface area contributed by atoms with Crippen molar-refractivity contribution in [3.8, 4) is 0 Å². The monoisotopic (exact) mass is 300 g/mol. The van der Waals surface area contributed by atoms with E-state index in [9.17, 15) is 9.59 Å². The van der Waals surface area contributed by atoms with Crippen molar-refractivity contribution < 1.29 is 9.59 Å². The maximum atomic E-state index is 12.5. The minimum absolute atomic E-state index is 0.160. The van der Waals surface area contributed by atoms with E-state index >= 15 is 0 Å². The summed E-state index contributed by atoms with van der Waals surface area (Å²) in [5.74, 6) is -0.384. The third-order valence-corrected chi connectivity index (χ3v) is 4.00. The van der Waals surface area contributed by atoms with Crippen molar-refractivity contribution in [2.24, 2.45) is 0 Å². The number of nitrogens with one attached hydrogen (secondary N) is 1. The molecule has 2 rings (SSSR count). The molecule has 1 heterocycles. The van der Waals surface area contributed by atoms with Gasteiger partial charge in [-0.1, -0.05) is 23.2 Å². The Balaban J connectivity index is 2.32. The van der Waals surface area contributed by atoms with Crippen molar-refractivity contribution in [3.63, 3.8) is 0 Å². The Morgan fingerprint density at radius 3 is 2.63 bits per heavy atom. The summed E-state index contributed by atoms with van der Waals surface area (Å²) in [4.78, 5) is 25.8. The number of carbonyl (C=O) groups excluding carboxylic acids is 2. The molecule has 102 valence electrons. The minimum Gasteiger partial charge on any atom is -0.352 e. The summed E-state index contributed by atoms with van der Waals surface area (Å²) < 4.78 is 0. The second kappa shape index (κ2) is 5.02. The second-order valence-corrected chi connectivity index (χ2v) is 5.71. The molecule has 2 amide bonds. The number of hydrogen-bond acceptors (Lipinski definition) is 2. The van der Waals surface area contributed by atoms with Crippen molar-refractivity contribution in [1.82, 2.24) is 10.2 Å². The summed E-state index contributed by atoms with van der Waals surface area (Å²) >= 11 is 11.7. The van der Waals surface area contributed by atoms with Crippen molar-refractivity contribution in [2.75, 3.05) is 13.1 Å².